The lowest BCUT2D eigenvalue weighted by molar-refractivity contribution is -0.253. The number of phosphoric acid groups is 4. The van der Waals surface area contributed by atoms with Crippen LogP contribution in [0.4, 0.5) is 5.69 Å². The van der Waals surface area contributed by atoms with E-state index in [2.05, 4.69) is 27.0 Å². The van der Waals surface area contributed by atoms with Gasteiger partial charge in [-0.3, -0.25) is 37.4 Å². The second-order valence-electron chi connectivity index (χ2n) is 11.6. The Balaban J connectivity index is 1.21. The highest BCUT2D eigenvalue weighted by Crippen LogP contribution is 2.67. The number of aromatic nitrogens is 2. The van der Waals surface area contributed by atoms with Crippen molar-refractivity contribution in [3.8, 4) is 5.75 Å². The Bertz CT molecular complexity index is 2270. The summed E-state index contributed by atoms with van der Waals surface area (Å²) in [4.78, 5) is 91.5. The maximum absolute atomic E-state index is 12.5. The molecule has 0 bridgehead atoms. The van der Waals surface area contributed by atoms with Gasteiger partial charge in [-0.15, -0.1) is 0 Å². The highest BCUT2D eigenvalue weighted by Gasteiger charge is 2.41. The fourth-order valence-electron chi connectivity index (χ4n) is 5.27. The van der Waals surface area contributed by atoms with Crippen LogP contribution < -0.4 is 35.3 Å². The molecular formula is C25H23Cl2N3O18P4-4. The van der Waals surface area contributed by atoms with Crippen LogP contribution in [-0.2, 0) is 50.7 Å². The summed E-state index contributed by atoms with van der Waals surface area (Å²) in [5, 5.41) is 9.79. The number of Topliss-reactive ketones (excluding diaryl/α,β-unsaturated/α-hetero) is 1. The summed E-state index contributed by atoms with van der Waals surface area (Å²) in [6.07, 6.45) is -2.12. The van der Waals surface area contributed by atoms with E-state index in [1.807, 2.05) is 4.98 Å². The van der Waals surface area contributed by atoms with Gasteiger partial charge in [0.25, 0.3) is 29.0 Å². The second-order valence-corrected chi connectivity index (χ2v) is 18.4. The zero-order chi connectivity index (χ0) is 38.8. The largest absolute Gasteiger partial charge is 0.756 e. The molecule has 6 unspecified atom stereocenters. The van der Waals surface area contributed by atoms with E-state index < -0.39 is 84.5 Å². The maximum Gasteiger partial charge on any atom is 0.330 e. The third-order valence-corrected chi connectivity index (χ3v) is 13.9. The molecule has 1 fully saturated rings. The lowest BCUT2D eigenvalue weighted by atomic mass is 9.71. The topological polar surface area (TPSA) is 320 Å². The summed E-state index contributed by atoms with van der Waals surface area (Å²) in [6.45, 7) is 3.46. The maximum atomic E-state index is 12.5. The molecule has 7 atom stereocenters. The van der Waals surface area contributed by atoms with Crippen molar-refractivity contribution < 1.29 is 74.5 Å². The number of aromatic amines is 1. The van der Waals surface area contributed by atoms with Crippen molar-refractivity contribution in [2.45, 2.75) is 51.0 Å². The van der Waals surface area contributed by atoms with Crippen LogP contribution in [0.1, 0.15) is 37.6 Å². The summed E-state index contributed by atoms with van der Waals surface area (Å²) in [5.74, 6) is -1.26. The summed E-state index contributed by atoms with van der Waals surface area (Å²) < 4.78 is 75.4. The van der Waals surface area contributed by atoms with Gasteiger partial charge in [0.05, 0.1) is 34.2 Å². The lowest BCUT2D eigenvalue weighted by Crippen LogP contribution is -2.33. The van der Waals surface area contributed by atoms with Crippen molar-refractivity contribution in [2.75, 3.05) is 6.61 Å². The normalized spacial score (nSPS) is 25.8. The summed E-state index contributed by atoms with van der Waals surface area (Å²) in [7, 11) is -25.2. The van der Waals surface area contributed by atoms with Gasteiger partial charge in [0.2, 0.25) is 5.78 Å². The Morgan fingerprint density at radius 3 is 2.29 bits per heavy atom. The molecule has 27 heteroatoms. The van der Waals surface area contributed by atoms with Crippen LogP contribution in [-0.4, -0.2) is 45.0 Å². The molecule has 52 heavy (non-hydrogen) atoms. The van der Waals surface area contributed by atoms with E-state index in [-0.39, 0.29) is 44.6 Å². The first kappa shape index (κ1) is 40.8. The van der Waals surface area contributed by atoms with Gasteiger partial charge in [0, 0.05) is 29.2 Å². The monoisotopic (exact) mass is 847 g/mol. The van der Waals surface area contributed by atoms with E-state index in [4.69, 9.17) is 27.9 Å². The number of fused-ring (bicyclic) bond motifs is 2. The minimum absolute atomic E-state index is 0.101. The molecule has 3 heterocycles. The summed E-state index contributed by atoms with van der Waals surface area (Å²) in [5.41, 5.74) is -1.61. The molecule has 0 radical (unpaired) electrons. The van der Waals surface area contributed by atoms with Crippen LogP contribution in [0.25, 0.3) is 0 Å². The Morgan fingerprint density at radius 2 is 1.63 bits per heavy atom. The quantitative estimate of drug-likeness (QED) is 0.223. The van der Waals surface area contributed by atoms with Crippen molar-refractivity contribution >= 4 is 71.7 Å². The number of hydrogen-bond acceptors (Lipinski definition) is 19. The minimum atomic E-state index is -6.54. The van der Waals surface area contributed by atoms with Crippen molar-refractivity contribution in [1.82, 2.24) is 9.55 Å². The molecule has 1 aliphatic carbocycles. The highest BCUT2D eigenvalue weighted by molar-refractivity contribution is 7.68. The van der Waals surface area contributed by atoms with Gasteiger partial charge < -0.3 is 38.5 Å². The third kappa shape index (κ3) is 8.94. The average Bonchev–Trinajstić information content (AvgIpc) is 3.34. The molecule has 0 amide bonds. The van der Waals surface area contributed by atoms with E-state index in [1.165, 1.54) is 19.1 Å². The number of aliphatic imine (C=N–C) groups is 1. The van der Waals surface area contributed by atoms with E-state index in [0.29, 0.717) is 0 Å². The molecule has 1 saturated heterocycles. The number of allylic oxidation sites excluding steroid dienone is 4. The number of hydrogen-bond donors (Lipinski definition) is 2. The van der Waals surface area contributed by atoms with Crippen LogP contribution in [0.3, 0.4) is 0 Å². The first-order valence-electron chi connectivity index (χ1n) is 14.2. The van der Waals surface area contributed by atoms with Crippen molar-refractivity contribution in [3.63, 3.8) is 0 Å². The van der Waals surface area contributed by atoms with Crippen LogP contribution in [0.2, 0.25) is 0 Å². The molecule has 284 valence electrons. The minimum Gasteiger partial charge on any atom is -0.756 e. The molecule has 0 saturated carbocycles. The standard InChI is InChI=1S/C25H27Cl2N3O18P4/c1-11-9-30(24(34)29-23(11)33)19-8-17(31)18(44-19)10-43-49(35,36)46-51(39,40)48-52(41,42)47-50(37,38)45-12-4-5-15-13(6-12)25(2,3)20-16(28-15)7-14(26)22(32)21(20)27/h4-7,9,17-19,31H,8,10H2,1-3H3,(H,35,36)(H,37,38)(H,39,40)(H,41,42)(H,29,33,34)/p-4/t17?,18-,19?/m1/s1. The number of aliphatic hydroxyl groups is 1. The van der Waals surface area contributed by atoms with Crippen LogP contribution in [0, 0.1) is 6.92 Å². The molecule has 21 nitrogen and oxygen atoms in total. The number of nitrogens with zero attached hydrogens (tertiary/aromatic N) is 2. The fourth-order valence-corrected chi connectivity index (χ4v) is 10.7. The molecule has 2 aliphatic heterocycles. The SMILES string of the molecule is Cc1cn(C2CC(O)[C@@H](COP(=O)([O-])OP(=O)([O-])OP(=O)([O-])OP(=O)([O-])Oc3ccc4c(c3)C(C)(C)C3=C(Cl)C(=O)C(Cl)=CC3=N4)O2)c(=O)[nH]c1=O. The number of halogens is 2. The molecule has 5 rings (SSSR count). The van der Waals surface area contributed by atoms with Crippen molar-refractivity contribution in [2.24, 2.45) is 4.99 Å². The fraction of sp³-hybridized carbons (Fsp3) is 0.360. The summed E-state index contributed by atoms with van der Waals surface area (Å²) in [6, 6.07) is 3.39. The molecule has 2 N–H and O–H groups in total. The number of carbonyl (C=O) groups is 1. The van der Waals surface area contributed by atoms with Gasteiger partial charge >= 0.3 is 13.5 Å². The second kappa shape index (κ2) is 14.4. The van der Waals surface area contributed by atoms with Crippen molar-refractivity contribution in [1.29, 1.82) is 0 Å². The highest BCUT2D eigenvalue weighted by atomic mass is 35.5. The van der Waals surface area contributed by atoms with Gasteiger partial charge in [-0.05, 0) is 36.8 Å². The van der Waals surface area contributed by atoms with E-state index >= 15 is 0 Å². The van der Waals surface area contributed by atoms with Crippen LogP contribution in [0.15, 0.2) is 60.7 Å². The molecule has 0 spiro atoms. The zero-order valence-corrected chi connectivity index (χ0v) is 31.4. The lowest BCUT2D eigenvalue weighted by Gasteiger charge is -2.37. The van der Waals surface area contributed by atoms with Crippen LogP contribution in [0.5, 0.6) is 5.75 Å². The molecule has 1 aromatic carbocycles. The average molecular weight is 848 g/mol. The Kier molecular flexibility index (Phi) is 11.3. The van der Waals surface area contributed by atoms with Gasteiger partial charge in [-0.25, -0.2) is 22.7 Å². The first-order valence-corrected chi connectivity index (χ1v) is 20.8. The summed E-state index contributed by atoms with van der Waals surface area (Å²) >= 11 is 12.2. The van der Waals surface area contributed by atoms with E-state index in [0.717, 1.165) is 22.9 Å². The smallest absolute Gasteiger partial charge is 0.330 e. The van der Waals surface area contributed by atoms with Gasteiger partial charge in [-0.2, -0.15) is 0 Å². The number of aliphatic hydroxyl groups excluding tert-OH is 1. The van der Waals surface area contributed by atoms with E-state index in [9.17, 15) is 57.3 Å². The van der Waals surface area contributed by atoms with Gasteiger partial charge in [0.15, 0.2) is 0 Å². The zero-order valence-electron chi connectivity index (χ0n) is 26.4. The Hall–Kier alpha value is -2.38. The third-order valence-electron chi connectivity index (χ3n) is 7.54. The number of aryl methyl sites for hydroxylation is 1. The van der Waals surface area contributed by atoms with Gasteiger partial charge in [-0.1, -0.05) is 37.0 Å². The van der Waals surface area contributed by atoms with Crippen LogP contribution >= 0.6 is 54.5 Å². The number of H-pyrrole nitrogens is 1. The Morgan fingerprint density at radius 1 is 1.02 bits per heavy atom. The van der Waals surface area contributed by atoms with Gasteiger partial charge in [0.1, 0.15) is 18.1 Å². The number of phosphoric ester groups is 2. The number of rotatable bonds is 12. The molecule has 1 aromatic heterocycles. The molecular weight excluding hydrogens is 825 g/mol. The number of nitrogens with one attached hydrogen (secondary N) is 1. The Labute approximate surface area is 301 Å². The number of carbonyl (C=O) groups excluding carboxylic acids is 1. The molecule has 3 aliphatic rings. The number of ether oxygens (including phenoxy) is 1. The predicted octanol–water partition coefficient (Wildman–Crippen LogP) is 1.07. The predicted molar refractivity (Wildman–Crippen MR) is 169 cm³/mol. The number of ketones is 1. The van der Waals surface area contributed by atoms with Crippen molar-refractivity contribution in [3.05, 3.63) is 78.1 Å². The first-order chi connectivity index (χ1) is 23.8. The van der Waals surface area contributed by atoms with E-state index in [1.54, 1.807) is 13.8 Å². The number of benzene rings is 1. The molecule has 2 aromatic rings.